The number of nitrogens with one attached hydrogen (secondary N) is 2. The molecule has 1 rings (SSSR count). The molecule has 16 heavy (non-hydrogen) atoms. The maximum Gasteiger partial charge on any atom is 0.191 e. The molecule has 3 nitrogen and oxygen atoms in total. The molecule has 0 radical (unpaired) electrons. The molecule has 0 heterocycles. The van der Waals surface area contributed by atoms with E-state index in [1.807, 2.05) is 7.05 Å². The summed E-state index contributed by atoms with van der Waals surface area (Å²) in [6, 6.07) is 0.440. The van der Waals surface area contributed by atoms with E-state index < -0.39 is 0 Å². The largest absolute Gasteiger partial charge is 0.356 e. The molecule has 1 fully saturated rings. The lowest BCUT2D eigenvalue weighted by Gasteiger charge is -2.29. The Bertz CT molecular complexity index is 223. The molecule has 0 aromatic carbocycles. The van der Waals surface area contributed by atoms with E-state index >= 15 is 0 Å². The van der Waals surface area contributed by atoms with Crippen LogP contribution in [-0.2, 0) is 0 Å². The van der Waals surface area contributed by atoms with Crippen LogP contribution in [0.25, 0.3) is 0 Å². The molecule has 2 unspecified atom stereocenters. The molecule has 2 N–H and O–H groups in total. The Balaban J connectivity index is 2.31. The monoisotopic (exact) mass is 225 g/mol. The SMILES string of the molecule is CN=C(NCC1CCCCC1C)NC(C)C. The van der Waals surface area contributed by atoms with Gasteiger partial charge in [-0.25, -0.2) is 0 Å². The molecule has 0 amide bonds. The first-order valence-corrected chi connectivity index (χ1v) is 6.60. The maximum atomic E-state index is 4.23. The van der Waals surface area contributed by atoms with Gasteiger partial charge in [-0.05, 0) is 32.1 Å². The van der Waals surface area contributed by atoms with Crippen LogP contribution in [-0.4, -0.2) is 25.6 Å². The van der Waals surface area contributed by atoms with Crippen LogP contribution in [0.4, 0.5) is 0 Å². The average molecular weight is 225 g/mol. The second kappa shape index (κ2) is 6.77. The van der Waals surface area contributed by atoms with Crippen molar-refractivity contribution in [3.05, 3.63) is 0 Å². The Kier molecular flexibility index (Phi) is 5.64. The molecule has 0 spiro atoms. The first-order chi connectivity index (χ1) is 7.63. The van der Waals surface area contributed by atoms with Crippen LogP contribution in [0.5, 0.6) is 0 Å². The summed E-state index contributed by atoms with van der Waals surface area (Å²) in [5.41, 5.74) is 0. The quantitative estimate of drug-likeness (QED) is 0.571. The number of hydrogen-bond acceptors (Lipinski definition) is 1. The van der Waals surface area contributed by atoms with Crippen LogP contribution < -0.4 is 10.6 Å². The second-order valence-corrected chi connectivity index (χ2v) is 5.27. The van der Waals surface area contributed by atoms with Gasteiger partial charge < -0.3 is 10.6 Å². The van der Waals surface area contributed by atoms with Crippen LogP contribution in [0.1, 0.15) is 46.5 Å². The number of rotatable bonds is 3. The summed E-state index contributed by atoms with van der Waals surface area (Å²) in [7, 11) is 1.84. The fourth-order valence-electron chi connectivity index (χ4n) is 2.39. The maximum absolute atomic E-state index is 4.23. The highest BCUT2D eigenvalue weighted by Crippen LogP contribution is 2.28. The van der Waals surface area contributed by atoms with Crippen LogP contribution >= 0.6 is 0 Å². The van der Waals surface area contributed by atoms with E-state index in [0.717, 1.165) is 24.3 Å². The minimum Gasteiger partial charge on any atom is -0.356 e. The van der Waals surface area contributed by atoms with E-state index in [1.54, 1.807) is 0 Å². The minimum absolute atomic E-state index is 0.440. The Morgan fingerprint density at radius 3 is 2.56 bits per heavy atom. The molecule has 94 valence electrons. The van der Waals surface area contributed by atoms with Crippen LogP contribution in [0.2, 0.25) is 0 Å². The van der Waals surface area contributed by atoms with Gasteiger partial charge in [0, 0.05) is 19.6 Å². The van der Waals surface area contributed by atoms with Gasteiger partial charge in [-0.1, -0.05) is 26.2 Å². The van der Waals surface area contributed by atoms with Crippen LogP contribution in [0.3, 0.4) is 0 Å². The van der Waals surface area contributed by atoms with Crippen molar-refractivity contribution in [3.8, 4) is 0 Å². The molecule has 0 aromatic heterocycles. The van der Waals surface area contributed by atoms with E-state index in [9.17, 15) is 0 Å². The van der Waals surface area contributed by atoms with E-state index in [1.165, 1.54) is 25.7 Å². The van der Waals surface area contributed by atoms with Gasteiger partial charge in [-0.2, -0.15) is 0 Å². The van der Waals surface area contributed by atoms with Gasteiger partial charge >= 0.3 is 0 Å². The number of nitrogens with zero attached hydrogens (tertiary/aromatic N) is 1. The Hall–Kier alpha value is -0.730. The normalized spacial score (nSPS) is 26.9. The van der Waals surface area contributed by atoms with Crippen molar-refractivity contribution in [2.75, 3.05) is 13.6 Å². The molecular weight excluding hydrogens is 198 g/mol. The van der Waals surface area contributed by atoms with Crippen LogP contribution in [0.15, 0.2) is 4.99 Å². The zero-order chi connectivity index (χ0) is 12.0. The second-order valence-electron chi connectivity index (χ2n) is 5.27. The van der Waals surface area contributed by atoms with Crippen molar-refractivity contribution in [2.45, 2.75) is 52.5 Å². The standard InChI is InChI=1S/C13H27N3/c1-10(2)16-13(14-4)15-9-12-8-6-5-7-11(12)3/h10-12H,5-9H2,1-4H3,(H2,14,15,16). The van der Waals surface area contributed by atoms with Gasteiger partial charge in [0.15, 0.2) is 5.96 Å². The summed E-state index contributed by atoms with van der Waals surface area (Å²) in [5.74, 6) is 2.62. The van der Waals surface area contributed by atoms with Gasteiger partial charge in [0.25, 0.3) is 0 Å². The highest BCUT2D eigenvalue weighted by molar-refractivity contribution is 5.79. The fraction of sp³-hybridized carbons (Fsp3) is 0.923. The van der Waals surface area contributed by atoms with Crippen LogP contribution in [0, 0.1) is 11.8 Å². The Labute approximate surface area is 100 Å². The first-order valence-electron chi connectivity index (χ1n) is 6.60. The highest BCUT2D eigenvalue weighted by atomic mass is 15.2. The van der Waals surface area contributed by atoms with Crippen molar-refractivity contribution in [1.29, 1.82) is 0 Å². The number of guanidine groups is 1. The Morgan fingerprint density at radius 1 is 1.31 bits per heavy atom. The van der Waals surface area contributed by atoms with Gasteiger partial charge in [0.1, 0.15) is 0 Å². The first kappa shape index (κ1) is 13.3. The van der Waals surface area contributed by atoms with E-state index in [-0.39, 0.29) is 0 Å². The van der Waals surface area contributed by atoms with E-state index in [4.69, 9.17) is 0 Å². The van der Waals surface area contributed by atoms with Gasteiger partial charge in [-0.15, -0.1) is 0 Å². The molecule has 0 saturated heterocycles. The van der Waals surface area contributed by atoms with Crippen molar-refractivity contribution < 1.29 is 0 Å². The zero-order valence-corrected chi connectivity index (χ0v) is 11.2. The molecule has 2 atom stereocenters. The van der Waals surface area contributed by atoms with E-state index in [0.29, 0.717) is 6.04 Å². The van der Waals surface area contributed by atoms with Crippen molar-refractivity contribution in [1.82, 2.24) is 10.6 Å². The molecule has 0 aromatic rings. The summed E-state index contributed by atoms with van der Waals surface area (Å²) in [5, 5.41) is 6.76. The van der Waals surface area contributed by atoms with Gasteiger partial charge in [0.2, 0.25) is 0 Å². The third kappa shape index (κ3) is 4.42. The zero-order valence-electron chi connectivity index (χ0n) is 11.2. The summed E-state index contributed by atoms with van der Waals surface area (Å²) < 4.78 is 0. The topological polar surface area (TPSA) is 36.4 Å². The summed E-state index contributed by atoms with van der Waals surface area (Å²) in [4.78, 5) is 4.23. The lowest BCUT2D eigenvalue weighted by Crippen LogP contribution is -2.43. The van der Waals surface area contributed by atoms with Crippen molar-refractivity contribution >= 4 is 5.96 Å². The minimum atomic E-state index is 0.440. The lowest BCUT2D eigenvalue weighted by atomic mass is 9.80. The predicted octanol–water partition coefficient (Wildman–Crippen LogP) is 2.39. The van der Waals surface area contributed by atoms with Gasteiger partial charge in [-0.3, -0.25) is 4.99 Å². The molecule has 1 saturated carbocycles. The molecular formula is C13H27N3. The fourth-order valence-corrected chi connectivity index (χ4v) is 2.39. The summed E-state index contributed by atoms with van der Waals surface area (Å²) in [6.45, 7) is 7.71. The third-order valence-electron chi connectivity index (χ3n) is 3.47. The lowest BCUT2D eigenvalue weighted by molar-refractivity contribution is 0.256. The van der Waals surface area contributed by atoms with Crippen molar-refractivity contribution in [2.24, 2.45) is 16.8 Å². The van der Waals surface area contributed by atoms with Gasteiger partial charge in [0.05, 0.1) is 0 Å². The molecule has 0 aliphatic heterocycles. The average Bonchev–Trinajstić information content (AvgIpc) is 2.25. The molecule has 0 bridgehead atoms. The molecule has 1 aliphatic rings. The molecule has 3 heteroatoms. The third-order valence-corrected chi connectivity index (χ3v) is 3.47. The smallest absolute Gasteiger partial charge is 0.191 e. The number of aliphatic imine (C=N–C) groups is 1. The Morgan fingerprint density at radius 2 is 2.00 bits per heavy atom. The molecule has 1 aliphatic carbocycles. The van der Waals surface area contributed by atoms with E-state index in [2.05, 4.69) is 36.4 Å². The summed E-state index contributed by atoms with van der Waals surface area (Å²) >= 11 is 0. The summed E-state index contributed by atoms with van der Waals surface area (Å²) in [6.07, 6.45) is 5.57. The van der Waals surface area contributed by atoms with Crippen molar-refractivity contribution in [3.63, 3.8) is 0 Å². The predicted molar refractivity (Wildman–Crippen MR) is 70.8 cm³/mol. The number of hydrogen-bond donors (Lipinski definition) is 2. The highest BCUT2D eigenvalue weighted by Gasteiger charge is 2.21.